The number of aromatic amines is 1. The van der Waals surface area contributed by atoms with Crippen molar-refractivity contribution in [3.63, 3.8) is 0 Å². The van der Waals surface area contributed by atoms with Gasteiger partial charge in [0, 0.05) is 55.0 Å². The smallest absolute Gasteiger partial charge is 0.225 e. The van der Waals surface area contributed by atoms with Gasteiger partial charge in [-0.2, -0.15) is 10.2 Å². The summed E-state index contributed by atoms with van der Waals surface area (Å²) in [5, 5.41) is 12.4. The Hall–Kier alpha value is -2.11. The molecular formula is C21H29N5O. The van der Waals surface area contributed by atoms with Crippen LogP contribution in [0.3, 0.4) is 0 Å². The number of H-pyrrole nitrogens is 1. The van der Waals surface area contributed by atoms with Crippen molar-refractivity contribution >= 4 is 5.91 Å². The predicted octanol–water partition coefficient (Wildman–Crippen LogP) is 3.19. The summed E-state index contributed by atoms with van der Waals surface area (Å²) in [7, 11) is 0. The van der Waals surface area contributed by atoms with Gasteiger partial charge in [-0.3, -0.25) is 14.6 Å². The lowest BCUT2D eigenvalue weighted by Crippen LogP contribution is -2.38. The van der Waals surface area contributed by atoms with E-state index in [9.17, 15) is 4.79 Å². The van der Waals surface area contributed by atoms with Crippen molar-refractivity contribution in [1.82, 2.24) is 24.9 Å². The Balaban J connectivity index is 1.29. The zero-order valence-electron chi connectivity index (χ0n) is 16.0. The van der Waals surface area contributed by atoms with Gasteiger partial charge in [0.05, 0.1) is 11.9 Å². The molecule has 0 unspecified atom stereocenters. The zero-order valence-corrected chi connectivity index (χ0v) is 16.0. The fourth-order valence-electron chi connectivity index (χ4n) is 4.70. The van der Waals surface area contributed by atoms with E-state index >= 15 is 0 Å². The molecule has 0 saturated heterocycles. The highest BCUT2D eigenvalue weighted by Crippen LogP contribution is 2.32. The molecule has 2 aliphatic carbocycles. The fourth-order valence-corrected chi connectivity index (χ4v) is 4.70. The summed E-state index contributed by atoms with van der Waals surface area (Å²) in [5.74, 6) is 1.45. The largest absolute Gasteiger partial charge is 0.342 e. The lowest BCUT2D eigenvalue weighted by molar-refractivity contribution is -0.136. The van der Waals surface area contributed by atoms with E-state index in [4.69, 9.17) is 0 Å². The van der Waals surface area contributed by atoms with E-state index < -0.39 is 0 Å². The molecule has 3 heterocycles. The Morgan fingerprint density at radius 3 is 2.74 bits per heavy atom. The molecule has 0 spiro atoms. The van der Waals surface area contributed by atoms with E-state index in [0.717, 1.165) is 62.5 Å². The third-order valence-electron chi connectivity index (χ3n) is 6.53. The number of rotatable bonds is 4. The molecule has 2 saturated carbocycles. The predicted molar refractivity (Wildman–Crippen MR) is 103 cm³/mol. The van der Waals surface area contributed by atoms with Crippen molar-refractivity contribution < 1.29 is 4.79 Å². The first kappa shape index (κ1) is 17.0. The van der Waals surface area contributed by atoms with Crippen LogP contribution in [0.25, 0.3) is 11.3 Å². The van der Waals surface area contributed by atoms with Crippen molar-refractivity contribution in [2.75, 3.05) is 13.1 Å². The Bertz CT molecular complexity index is 812. The number of fused-ring (bicyclic) bond motifs is 1. The molecule has 1 amide bonds. The van der Waals surface area contributed by atoms with Gasteiger partial charge in [0.25, 0.3) is 0 Å². The van der Waals surface area contributed by atoms with Crippen LogP contribution in [0, 0.1) is 11.8 Å². The second-order valence-corrected chi connectivity index (χ2v) is 8.58. The van der Waals surface area contributed by atoms with Gasteiger partial charge >= 0.3 is 0 Å². The Kier molecular flexibility index (Phi) is 4.50. The van der Waals surface area contributed by atoms with E-state index in [1.165, 1.54) is 43.4 Å². The van der Waals surface area contributed by atoms with Gasteiger partial charge in [-0.1, -0.05) is 19.3 Å². The van der Waals surface area contributed by atoms with E-state index in [-0.39, 0.29) is 5.92 Å². The number of hydrogen-bond acceptors (Lipinski definition) is 3. The highest BCUT2D eigenvalue weighted by molar-refractivity contribution is 5.79. The van der Waals surface area contributed by atoms with E-state index in [1.54, 1.807) is 0 Å². The first-order valence-corrected chi connectivity index (χ1v) is 10.7. The van der Waals surface area contributed by atoms with Gasteiger partial charge in [0.15, 0.2) is 0 Å². The van der Waals surface area contributed by atoms with Gasteiger partial charge in [0.2, 0.25) is 5.91 Å². The Labute approximate surface area is 160 Å². The lowest BCUT2D eigenvalue weighted by Gasteiger charge is -2.28. The zero-order chi connectivity index (χ0) is 18.2. The second kappa shape index (κ2) is 7.13. The van der Waals surface area contributed by atoms with Crippen molar-refractivity contribution in [1.29, 1.82) is 0 Å². The summed E-state index contributed by atoms with van der Waals surface area (Å²) in [5.41, 5.74) is 4.60. The van der Waals surface area contributed by atoms with Crippen LogP contribution in [0.2, 0.25) is 0 Å². The molecule has 27 heavy (non-hydrogen) atoms. The van der Waals surface area contributed by atoms with Gasteiger partial charge in [-0.05, 0) is 38.0 Å². The standard InChI is InChI=1S/C21H29N5O/c27-21(16-4-2-1-3-5-16)25-10-8-18-19(9-11-25)23-24-20(18)17-12-22-26(14-17)13-15-6-7-15/h12,14-16H,1-11,13H2,(H,23,24). The molecule has 2 aromatic rings. The summed E-state index contributed by atoms with van der Waals surface area (Å²) >= 11 is 0. The number of nitrogens with one attached hydrogen (secondary N) is 1. The minimum absolute atomic E-state index is 0.258. The van der Waals surface area contributed by atoms with Crippen molar-refractivity contribution in [2.24, 2.45) is 11.8 Å². The van der Waals surface area contributed by atoms with E-state index in [2.05, 4.69) is 31.1 Å². The van der Waals surface area contributed by atoms with Crippen LogP contribution in [0.4, 0.5) is 0 Å². The van der Waals surface area contributed by atoms with E-state index in [0.29, 0.717) is 5.91 Å². The number of nitrogens with zero attached hydrogens (tertiary/aromatic N) is 4. The quantitative estimate of drug-likeness (QED) is 0.902. The summed E-state index contributed by atoms with van der Waals surface area (Å²) < 4.78 is 2.06. The van der Waals surface area contributed by atoms with Crippen LogP contribution >= 0.6 is 0 Å². The van der Waals surface area contributed by atoms with Gasteiger partial charge < -0.3 is 4.90 Å². The molecule has 1 aliphatic heterocycles. The van der Waals surface area contributed by atoms with E-state index in [1.807, 2.05) is 6.20 Å². The molecule has 6 heteroatoms. The first-order valence-electron chi connectivity index (χ1n) is 10.7. The fraction of sp³-hybridized carbons (Fsp3) is 0.667. The number of amides is 1. The molecule has 2 fully saturated rings. The number of aromatic nitrogens is 4. The normalized spacial score (nSPS) is 21.1. The highest BCUT2D eigenvalue weighted by Gasteiger charge is 2.29. The topological polar surface area (TPSA) is 66.8 Å². The number of carbonyl (C=O) groups is 1. The van der Waals surface area contributed by atoms with Gasteiger partial charge in [0.1, 0.15) is 0 Å². The number of carbonyl (C=O) groups excluding carboxylic acids is 1. The average molecular weight is 367 g/mol. The molecule has 6 nitrogen and oxygen atoms in total. The Morgan fingerprint density at radius 1 is 1.11 bits per heavy atom. The van der Waals surface area contributed by atoms with Crippen molar-refractivity contribution in [3.8, 4) is 11.3 Å². The summed E-state index contributed by atoms with van der Waals surface area (Å²) in [6.07, 6.45) is 14.4. The third-order valence-corrected chi connectivity index (χ3v) is 6.53. The van der Waals surface area contributed by atoms with Crippen LogP contribution in [0.15, 0.2) is 12.4 Å². The van der Waals surface area contributed by atoms with Crippen LogP contribution < -0.4 is 0 Å². The third kappa shape index (κ3) is 3.54. The van der Waals surface area contributed by atoms with Crippen LogP contribution in [-0.4, -0.2) is 43.9 Å². The minimum atomic E-state index is 0.258. The molecule has 0 radical (unpaired) electrons. The van der Waals surface area contributed by atoms with Crippen LogP contribution in [0.1, 0.15) is 56.2 Å². The SMILES string of the molecule is O=C(C1CCCCC1)N1CCc2[nH]nc(-c3cnn(CC4CC4)c3)c2CC1. The number of hydrogen-bond donors (Lipinski definition) is 1. The molecule has 0 aromatic carbocycles. The minimum Gasteiger partial charge on any atom is -0.342 e. The van der Waals surface area contributed by atoms with Gasteiger partial charge in [-0.15, -0.1) is 0 Å². The van der Waals surface area contributed by atoms with Crippen molar-refractivity contribution in [2.45, 2.75) is 64.3 Å². The molecule has 144 valence electrons. The maximum atomic E-state index is 12.9. The molecule has 3 aliphatic rings. The monoisotopic (exact) mass is 367 g/mol. The maximum absolute atomic E-state index is 12.9. The van der Waals surface area contributed by atoms with Gasteiger partial charge in [-0.25, -0.2) is 0 Å². The summed E-state index contributed by atoms with van der Waals surface area (Å²) in [4.78, 5) is 15.0. The molecule has 5 rings (SSSR count). The average Bonchev–Trinajstić information content (AvgIpc) is 3.31. The molecular weight excluding hydrogens is 338 g/mol. The summed E-state index contributed by atoms with van der Waals surface area (Å²) in [6.45, 7) is 2.65. The molecule has 0 atom stereocenters. The molecule has 2 aromatic heterocycles. The highest BCUT2D eigenvalue weighted by atomic mass is 16.2. The Morgan fingerprint density at radius 2 is 1.93 bits per heavy atom. The molecule has 0 bridgehead atoms. The first-order chi connectivity index (χ1) is 13.3. The molecule has 1 N–H and O–H groups in total. The van der Waals surface area contributed by atoms with Crippen LogP contribution in [-0.2, 0) is 24.2 Å². The van der Waals surface area contributed by atoms with Crippen molar-refractivity contribution in [3.05, 3.63) is 23.7 Å². The lowest BCUT2D eigenvalue weighted by atomic mass is 9.88. The van der Waals surface area contributed by atoms with Crippen LogP contribution in [0.5, 0.6) is 0 Å². The maximum Gasteiger partial charge on any atom is 0.225 e. The second-order valence-electron chi connectivity index (χ2n) is 8.58. The summed E-state index contributed by atoms with van der Waals surface area (Å²) in [6, 6.07) is 0.